The molecular formula is C15H19BrN2O. The van der Waals surface area contributed by atoms with Crippen molar-refractivity contribution in [3.63, 3.8) is 0 Å². The van der Waals surface area contributed by atoms with Crippen LogP contribution in [0.1, 0.15) is 32.6 Å². The Kier molecular flexibility index (Phi) is 3.39. The van der Waals surface area contributed by atoms with Crippen LogP contribution in [0.5, 0.6) is 0 Å². The minimum atomic E-state index is -0.0358. The van der Waals surface area contributed by atoms with E-state index in [1.54, 1.807) is 0 Å². The van der Waals surface area contributed by atoms with Gasteiger partial charge in [-0.2, -0.15) is 0 Å². The number of aromatic nitrogens is 1. The minimum absolute atomic E-state index is 0.0358. The van der Waals surface area contributed by atoms with Crippen molar-refractivity contribution >= 4 is 27.0 Å². The van der Waals surface area contributed by atoms with Crippen molar-refractivity contribution in [2.45, 2.75) is 32.1 Å². The molecule has 3 nitrogen and oxygen atoms in total. The number of hydrogen-bond donors (Lipinski definition) is 1. The highest BCUT2D eigenvalue weighted by molar-refractivity contribution is 9.10. The van der Waals surface area contributed by atoms with Crippen molar-refractivity contribution in [1.29, 1.82) is 0 Å². The van der Waals surface area contributed by atoms with Gasteiger partial charge in [0.1, 0.15) is 5.52 Å². The molecule has 0 aliphatic carbocycles. The van der Waals surface area contributed by atoms with Crippen LogP contribution in [0.25, 0.3) is 11.1 Å². The zero-order chi connectivity index (χ0) is 13.5. The number of nitrogens with one attached hydrogen (secondary N) is 1. The molecule has 4 heteroatoms. The quantitative estimate of drug-likeness (QED) is 0.912. The Labute approximate surface area is 121 Å². The summed E-state index contributed by atoms with van der Waals surface area (Å²) in [5, 5.41) is 3.48. The molecule has 1 aliphatic heterocycles. The zero-order valence-electron chi connectivity index (χ0n) is 11.4. The van der Waals surface area contributed by atoms with E-state index in [-0.39, 0.29) is 5.41 Å². The summed E-state index contributed by atoms with van der Waals surface area (Å²) in [6, 6.07) is 5.99. The van der Waals surface area contributed by atoms with Gasteiger partial charge in [0, 0.05) is 5.41 Å². The molecule has 1 aromatic carbocycles. The molecule has 0 amide bonds. The molecular weight excluding hydrogens is 304 g/mol. The van der Waals surface area contributed by atoms with E-state index in [1.165, 1.54) is 12.8 Å². The first-order valence-electron chi connectivity index (χ1n) is 6.85. The molecule has 1 unspecified atom stereocenters. The molecule has 19 heavy (non-hydrogen) atoms. The van der Waals surface area contributed by atoms with Gasteiger partial charge in [-0.1, -0.05) is 19.9 Å². The zero-order valence-corrected chi connectivity index (χ0v) is 13.0. The molecule has 2 heterocycles. The topological polar surface area (TPSA) is 38.1 Å². The Morgan fingerprint density at radius 2 is 2.26 bits per heavy atom. The number of hydrogen-bond acceptors (Lipinski definition) is 3. The van der Waals surface area contributed by atoms with Crippen molar-refractivity contribution in [2.75, 3.05) is 13.1 Å². The molecule has 0 spiro atoms. The molecule has 1 fully saturated rings. The molecule has 1 aromatic heterocycles. The maximum atomic E-state index is 6.03. The van der Waals surface area contributed by atoms with Crippen molar-refractivity contribution in [1.82, 2.24) is 10.3 Å². The third kappa shape index (κ3) is 2.32. The van der Waals surface area contributed by atoms with Crippen LogP contribution in [0.15, 0.2) is 27.1 Å². The van der Waals surface area contributed by atoms with E-state index in [0.29, 0.717) is 5.92 Å². The molecule has 0 radical (unpaired) electrons. The predicted octanol–water partition coefficient (Wildman–Crippen LogP) is 3.87. The molecule has 2 aromatic rings. The van der Waals surface area contributed by atoms with Crippen molar-refractivity contribution < 1.29 is 4.42 Å². The number of piperidine rings is 1. The van der Waals surface area contributed by atoms with E-state index in [9.17, 15) is 0 Å². The lowest BCUT2D eigenvalue weighted by Gasteiger charge is -2.34. The van der Waals surface area contributed by atoms with E-state index in [2.05, 4.69) is 35.1 Å². The summed E-state index contributed by atoms with van der Waals surface area (Å²) < 4.78 is 7.00. The van der Waals surface area contributed by atoms with Gasteiger partial charge in [-0.25, -0.2) is 4.98 Å². The summed E-state index contributed by atoms with van der Waals surface area (Å²) >= 11 is 3.53. The van der Waals surface area contributed by atoms with Gasteiger partial charge in [0.05, 0.1) is 4.47 Å². The fraction of sp³-hybridized carbons (Fsp3) is 0.533. The van der Waals surface area contributed by atoms with Crippen LogP contribution in [-0.2, 0) is 5.41 Å². The molecule has 1 N–H and O–H groups in total. The van der Waals surface area contributed by atoms with Crippen LogP contribution >= 0.6 is 15.9 Å². The highest BCUT2D eigenvalue weighted by Gasteiger charge is 2.36. The molecule has 0 bridgehead atoms. The van der Waals surface area contributed by atoms with Gasteiger partial charge in [-0.05, 0) is 59.9 Å². The van der Waals surface area contributed by atoms with Gasteiger partial charge < -0.3 is 9.73 Å². The average molecular weight is 323 g/mol. The normalized spacial score (nSPS) is 20.9. The van der Waals surface area contributed by atoms with E-state index < -0.39 is 0 Å². The number of nitrogens with zero attached hydrogens (tertiary/aromatic N) is 1. The Morgan fingerprint density at radius 3 is 2.95 bits per heavy atom. The first-order chi connectivity index (χ1) is 9.09. The Bertz CT molecular complexity index is 585. The summed E-state index contributed by atoms with van der Waals surface area (Å²) in [5.41, 5.74) is 1.75. The summed E-state index contributed by atoms with van der Waals surface area (Å²) in [6.45, 7) is 6.66. The summed E-state index contributed by atoms with van der Waals surface area (Å²) in [7, 11) is 0. The molecule has 1 aliphatic rings. The lowest BCUT2D eigenvalue weighted by atomic mass is 9.75. The Balaban J connectivity index is 2.00. The van der Waals surface area contributed by atoms with Gasteiger partial charge in [-0.15, -0.1) is 0 Å². The monoisotopic (exact) mass is 322 g/mol. The van der Waals surface area contributed by atoms with Crippen molar-refractivity contribution in [3.05, 3.63) is 28.6 Å². The second kappa shape index (κ2) is 4.91. The van der Waals surface area contributed by atoms with Crippen LogP contribution in [0.3, 0.4) is 0 Å². The largest absolute Gasteiger partial charge is 0.439 e. The first kappa shape index (κ1) is 13.1. The van der Waals surface area contributed by atoms with E-state index in [0.717, 1.165) is 34.6 Å². The van der Waals surface area contributed by atoms with Gasteiger partial charge >= 0.3 is 0 Å². The average Bonchev–Trinajstić information content (AvgIpc) is 2.86. The van der Waals surface area contributed by atoms with Crippen LogP contribution in [0.2, 0.25) is 0 Å². The van der Waals surface area contributed by atoms with E-state index >= 15 is 0 Å². The number of fused-ring (bicyclic) bond motifs is 1. The fourth-order valence-corrected chi connectivity index (χ4v) is 3.27. The number of para-hydroxylation sites is 1. The predicted molar refractivity (Wildman–Crippen MR) is 80.3 cm³/mol. The maximum absolute atomic E-state index is 6.03. The molecule has 0 saturated carbocycles. The molecule has 3 rings (SSSR count). The van der Waals surface area contributed by atoms with Crippen molar-refractivity contribution in [3.8, 4) is 0 Å². The van der Waals surface area contributed by atoms with Gasteiger partial charge in [-0.3, -0.25) is 0 Å². The molecule has 1 saturated heterocycles. The van der Waals surface area contributed by atoms with Crippen LogP contribution in [0, 0.1) is 5.92 Å². The van der Waals surface area contributed by atoms with Crippen LogP contribution in [0.4, 0.5) is 0 Å². The number of rotatable bonds is 2. The lowest BCUT2D eigenvalue weighted by molar-refractivity contribution is 0.215. The molecule has 1 atom stereocenters. The summed E-state index contributed by atoms with van der Waals surface area (Å²) in [4.78, 5) is 4.70. The first-order valence-corrected chi connectivity index (χ1v) is 7.64. The van der Waals surface area contributed by atoms with Gasteiger partial charge in [0.25, 0.3) is 0 Å². The highest BCUT2D eigenvalue weighted by Crippen LogP contribution is 2.37. The Hall–Kier alpha value is -0.870. The van der Waals surface area contributed by atoms with E-state index in [4.69, 9.17) is 9.40 Å². The fourth-order valence-electron chi connectivity index (χ4n) is 2.83. The van der Waals surface area contributed by atoms with Gasteiger partial charge in [0.15, 0.2) is 5.58 Å². The third-order valence-corrected chi connectivity index (χ3v) is 4.86. The van der Waals surface area contributed by atoms with Crippen LogP contribution in [-0.4, -0.2) is 18.1 Å². The lowest BCUT2D eigenvalue weighted by Crippen LogP contribution is -2.40. The number of benzene rings is 1. The Morgan fingerprint density at radius 1 is 1.42 bits per heavy atom. The highest BCUT2D eigenvalue weighted by atomic mass is 79.9. The second-order valence-electron chi connectivity index (χ2n) is 5.87. The minimum Gasteiger partial charge on any atom is -0.439 e. The third-order valence-electron chi connectivity index (χ3n) is 4.24. The standard InChI is InChI=1S/C15H19BrN2O/c1-15(2,10-5-4-8-17-9-10)14-18-12-7-3-6-11(16)13(12)19-14/h3,6-7,10,17H,4-5,8-9H2,1-2H3. The number of oxazole rings is 1. The van der Waals surface area contributed by atoms with Gasteiger partial charge in [0.2, 0.25) is 5.89 Å². The number of halogens is 1. The maximum Gasteiger partial charge on any atom is 0.201 e. The molecule has 102 valence electrons. The van der Waals surface area contributed by atoms with Crippen molar-refractivity contribution in [2.24, 2.45) is 5.92 Å². The van der Waals surface area contributed by atoms with Crippen LogP contribution < -0.4 is 5.32 Å². The second-order valence-corrected chi connectivity index (χ2v) is 6.73. The summed E-state index contributed by atoms with van der Waals surface area (Å²) in [6.07, 6.45) is 2.47. The summed E-state index contributed by atoms with van der Waals surface area (Å²) in [5.74, 6) is 1.43. The smallest absolute Gasteiger partial charge is 0.201 e. The van der Waals surface area contributed by atoms with E-state index in [1.807, 2.05) is 18.2 Å². The SMILES string of the molecule is CC(C)(c1nc2cccc(Br)c2o1)C1CCCNC1.